The molecule has 0 radical (unpaired) electrons. The van der Waals surface area contributed by atoms with Crippen LogP contribution in [0, 0.1) is 0 Å². The van der Waals surface area contributed by atoms with Crippen LogP contribution in [0.15, 0.2) is 60.8 Å². The lowest BCUT2D eigenvalue weighted by atomic mass is 10.2. The van der Waals surface area contributed by atoms with Gasteiger partial charge in [-0.2, -0.15) is 0 Å². The quantitative estimate of drug-likeness (QED) is 0.264. The van der Waals surface area contributed by atoms with Crippen LogP contribution < -0.4 is 14.4 Å². The van der Waals surface area contributed by atoms with Crippen molar-refractivity contribution in [1.29, 1.82) is 0 Å². The van der Waals surface area contributed by atoms with Crippen LogP contribution in [-0.2, 0) is 16.1 Å². The number of carbonyl (C=O) groups is 2. The lowest BCUT2D eigenvalue weighted by Crippen LogP contribution is -2.27. The lowest BCUT2D eigenvalue weighted by Gasteiger charge is -2.21. The first-order valence-corrected chi connectivity index (χ1v) is 10.6. The smallest absolute Gasteiger partial charge is 0.295 e. The number of aldehydes is 1. The van der Waals surface area contributed by atoms with Gasteiger partial charge in [0.05, 0.1) is 31.1 Å². The molecule has 4 aromatic rings. The van der Waals surface area contributed by atoms with Gasteiger partial charge in [-0.3, -0.25) is 14.5 Å². The predicted molar refractivity (Wildman–Crippen MR) is 128 cm³/mol. The highest BCUT2D eigenvalue weighted by molar-refractivity contribution is 6.40. The van der Waals surface area contributed by atoms with Gasteiger partial charge in [0, 0.05) is 29.2 Å². The van der Waals surface area contributed by atoms with Crippen LogP contribution in [0.1, 0.15) is 5.56 Å². The summed E-state index contributed by atoms with van der Waals surface area (Å²) in [5.74, 6) is 0.0724. The number of benzene rings is 2. The monoisotopic (exact) mass is 483 g/mol. The minimum absolute atomic E-state index is 0.242. The number of ether oxygens (including phenoxy) is 2. The summed E-state index contributed by atoms with van der Waals surface area (Å²) in [7, 11) is 3.02. The fourth-order valence-corrected chi connectivity index (χ4v) is 4.08. The molecule has 2 aromatic carbocycles. The molecule has 0 saturated heterocycles. The maximum atomic E-state index is 12.9. The first-order chi connectivity index (χ1) is 16.0. The molecule has 4 rings (SSSR count). The molecule has 168 valence electrons. The summed E-state index contributed by atoms with van der Waals surface area (Å²) in [4.78, 5) is 29.8. The SMILES string of the molecule is COc1ccc2c(c1)c(N(C(=O)C=O)c1ccnc(OC)c1)c(Cl)n2Cc1ccc(Cl)cc1. The topological polar surface area (TPSA) is 73.7 Å². The van der Waals surface area contributed by atoms with Crippen LogP contribution in [0.4, 0.5) is 11.4 Å². The van der Waals surface area contributed by atoms with E-state index in [4.69, 9.17) is 32.7 Å². The molecule has 0 spiro atoms. The zero-order valence-corrected chi connectivity index (χ0v) is 19.3. The number of pyridine rings is 1. The first-order valence-electron chi connectivity index (χ1n) is 9.86. The molecule has 2 aromatic heterocycles. The van der Waals surface area contributed by atoms with Crippen molar-refractivity contribution in [2.24, 2.45) is 0 Å². The summed E-state index contributed by atoms with van der Waals surface area (Å²) < 4.78 is 12.5. The summed E-state index contributed by atoms with van der Waals surface area (Å²) in [6.45, 7) is 0.418. The largest absolute Gasteiger partial charge is 0.497 e. The van der Waals surface area contributed by atoms with E-state index in [2.05, 4.69) is 4.98 Å². The van der Waals surface area contributed by atoms with E-state index in [1.165, 1.54) is 18.2 Å². The van der Waals surface area contributed by atoms with Crippen molar-refractivity contribution in [3.8, 4) is 11.6 Å². The van der Waals surface area contributed by atoms with Gasteiger partial charge in [-0.05, 0) is 42.0 Å². The summed E-state index contributed by atoms with van der Waals surface area (Å²) in [5.41, 5.74) is 2.45. The van der Waals surface area contributed by atoms with Crippen molar-refractivity contribution in [1.82, 2.24) is 9.55 Å². The Labute approximate surface area is 200 Å². The van der Waals surface area contributed by atoms with E-state index in [9.17, 15) is 9.59 Å². The Bertz CT molecular complexity index is 1340. The third kappa shape index (κ3) is 4.37. The van der Waals surface area contributed by atoms with Gasteiger partial charge >= 0.3 is 0 Å². The molecule has 0 bridgehead atoms. The number of nitrogens with zero attached hydrogens (tertiary/aromatic N) is 3. The number of amides is 1. The zero-order chi connectivity index (χ0) is 23.5. The van der Waals surface area contributed by atoms with E-state index in [0.717, 1.165) is 11.1 Å². The van der Waals surface area contributed by atoms with Gasteiger partial charge in [0.2, 0.25) is 12.2 Å². The lowest BCUT2D eigenvalue weighted by molar-refractivity contribution is -0.129. The van der Waals surface area contributed by atoms with Crippen LogP contribution >= 0.6 is 23.2 Å². The molecule has 33 heavy (non-hydrogen) atoms. The van der Waals surface area contributed by atoms with Crippen molar-refractivity contribution < 1.29 is 19.1 Å². The molecule has 0 fully saturated rings. The third-order valence-electron chi connectivity index (χ3n) is 5.17. The van der Waals surface area contributed by atoms with Gasteiger partial charge in [0.25, 0.3) is 5.91 Å². The average Bonchev–Trinajstić information content (AvgIpc) is 3.11. The number of fused-ring (bicyclic) bond motifs is 1. The maximum Gasteiger partial charge on any atom is 0.295 e. The van der Waals surface area contributed by atoms with Crippen LogP contribution in [0.2, 0.25) is 10.2 Å². The Hall–Kier alpha value is -3.55. The van der Waals surface area contributed by atoms with Gasteiger partial charge in [-0.15, -0.1) is 0 Å². The fourth-order valence-electron chi connectivity index (χ4n) is 3.62. The molecule has 0 N–H and O–H groups in total. The second-order valence-electron chi connectivity index (χ2n) is 7.08. The number of carbonyl (C=O) groups excluding carboxylic acids is 2. The minimum Gasteiger partial charge on any atom is -0.497 e. The maximum absolute atomic E-state index is 12.9. The number of hydrogen-bond donors (Lipinski definition) is 0. The molecule has 0 aliphatic rings. The summed E-state index contributed by atoms with van der Waals surface area (Å²) in [6, 6.07) is 16.0. The van der Waals surface area contributed by atoms with Gasteiger partial charge in [-0.25, -0.2) is 4.98 Å². The standard InChI is InChI=1S/C24H19Cl2N3O4/c1-32-18-7-8-20-19(12-18)23(24(26)28(20)13-15-3-5-16(25)6-4-15)29(22(31)14-30)17-9-10-27-21(11-17)33-2/h3-12,14H,13H2,1-2H3. The van der Waals surface area contributed by atoms with E-state index in [0.29, 0.717) is 34.1 Å². The number of hydrogen-bond acceptors (Lipinski definition) is 5. The summed E-state index contributed by atoms with van der Waals surface area (Å²) in [6.07, 6.45) is 1.73. The molecule has 0 unspecified atom stereocenters. The molecule has 1 amide bonds. The minimum atomic E-state index is -0.793. The Kier molecular flexibility index (Phi) is 6.53. The highest BCUT2D eigenvalue weighted by Gasteiger charge is 2.27. The number of anilines is 2. The molecule has 0 aliphatic heterocycles. The van der Waals surface area contributed by atoms with Crippen molar-refractivity contribution >= 4 is 57.7 Å². The Balaban J connectivity index is 1.97. The second-order valence-corrected chi connectivity index (χ2v) is 7.88. The highest BCUT2D eigenvalue weighted by atomic mass is 35.5. The van der Waals surface area contributed by atoms with Crippen molar-refractivity contribution in [3.05, 3.63) is 76.5 Å². The van der Waals surface area contributed by atoms with Crippen LogP contribution in [0.3, 0.4) is 0 Å². The van der Waals surface area contributed by atoms with Gasteiger partial charge < -0.3 is 14.0 Å². The van der Waals surface area contributed by atoms with Crippen molar-refractivity contribution in [3.63, 3.8) is 0 Å². The molecule has 9 heteroatoms. The Morgan fingerprint density at radius 3 is 2.48 bits per heavy atom. The number of rotatable bonds is 7. The van der Waals surface area contributed by atoms with E-state index >= 15 is 0 Å². The van der Waals surface area contributed by atoms with Crippen molar-refractivity contribution in [2.45, 2.75) is 6.54 Å². The number of halogens is 2. The number of aromatic nitrogens is 2. The van der Waals surface area contributed by atoms with Crippen molar-refractivity contribution in [2.75, 3.05) is 19.1 Å². The molecule has 7 nitrogen and oxygen atoms in total. The normalized spacial score (nSPS) is 10.8. The highest BCUT2D eigenvalue weighted by Crippen LogP contribution is 2.43. The summed E-state index contributed by atoms with van der Waals surface area (Å²) >= 11 is 12.9. The number of methoxy groups -OCH3 is 2. The van der Waals surface area contributed by atoms with Gasteiger partial charge in [0.15, 0.2) is 0 Å². The van der Waals surface area contributed by atoms with E-state index in [1.54, 1.807) is 37.4 Å². The van der Waals surface area contributed by atoms with Gasteiger partial charge in [-0.1, -0.05) is 35.3 Å². The van der Waals surface area contributed by atoms with E-state index in [1.807, 2.05) is 28.8 Å². The van der Waals surface area contributed by atoms with Gasteiger partial charge in [0.1, 0.15) is 10.9 Å². The zero-order valence-electron chi connectivity index (χ0n) is 17.8. The second kappa shape index (κ2) is 9.52. The Morgan fingerprint density at radius 1 is 1.06 bits per heavy atom. The third-order valence-corrected chi connectivity index (χ3v) is 5.80. The van der Waals surface area contributed by atoms with E-state index < -0.39 is 5.91 Å². The fraction of sp³-hybridized carbons (Fsp3) is 0.125. The van der Waals surface area contributed by atoms with E-state index in [-0.39, 0.29) is 17.3 Å². The van der Waals surface area contributed by atoms with Crippen LogP contribution in [0.5, 0.6) is 11.6 Å². The predicted octanol–water partition coefficient (Wildman–Crippen LogP) is 5.27. The first kappa shape index (κ1) is 22.6. The average molecular weight is 484 g/mol. The molecule has 0 atom stereocenters. The molecule has 0 saturated carbocycles. The molecular formula is C24H19Cl2N3O4. The van der Waals surface area contributed by atoms with Crippen LogP contribution in [0.25, 0.3) is 10.9 Å². The molecule has 0 aliphatic carbocycles. The van der Waals surface area contributed by atoms with Crippen LogP contribution in [-0.4, -0.2) is 36.0 Å². The molecule has 2 heterocycles. The summed E-state index contributed by atoms with van der Waals surface area (Å²) in [5, 5.41) is 1.54. The molecular weight excluding hydrogens is 465 g/mol. The Morgan fingerprint density at radius 2 is 1.82 bits per heavy atom.